The first-order valence-corrected chi connectivity index (χ1v) is 6.01. The Kier molecular flexibility index (Phi) is 3.78. The molecule has 2 rings (SSSR count). The number of rotatable bonds is 4. The quantitative estimate of drug-likeness (QED) is 0.830. The Morgan fingerprint density at radius 2 is 2.18 bits per heavy atom. The summed E-state index contributed by atoms with van der Waals surface area (Å²) in [4.78, 5) is 8.27. The fraction of sp³-hybridized carbons (Fsp3) is 0.583. The monoisotopic (exact) mass is 234 g/mol. The van der Waals surface area contributed by atoms with E-state index >= 15 is 0 Å². The summed E-state index contributed by atoms with van der Waals surface area (Å²) in [5.74, 6) is 2.87. The van der Waals surface area contributed by atoms with Crippen LogP contribution in [0.1, 0.15) is 26.7 Å². The maximum atomic E-state index is 5.54. The molecule has 1 fully saturated rings. The fourth-order valence-electron chi connectivity index (χ4n) is 2.22. The highest BCUT2D eigenvalue weighted by atomic mass is 15.5. The topological polar surface area (TPSA) is 67.1 Å². The van der Waals surface area contributed by atoms with Crippen molar-refractivity contribution in [1.82, 2.24) is 15.0 Å². The second-order valence-electron chi connectivity index (χ2n) is 4.96. The lowest BCUT2D eigenvalue weighted by molar-refractivity contribution is 0.380. The van der Waals surface area contributed by atoms with E-state index < -0.39 is 0 Å². The summed E-state index contributed by atoms with van der Waals surface area (Å²) in [6.45, 7) is 6.49. The Bertz CT molecular complexity index is 348. The second-order valence-corrected chi connectivity index (χ2v) is 4.96. The summed E-state index contributed by atoms with van der Waals surface area (Å²) in [5, 5.41) is 2.18. The van der Waals surface area contributed by atoms with Gasteiger partial charge in [0, 0.05) is 13.1 Å². The van der Waals surface area contributed by atoms with Crippen molar-refractivity contribution in [1.29, 1.82) is 0 Å². The molecule has 1 aromatic heterocycles. The van der Waals surface area contributed by atoms with E-state index in [4.69, 9.17) is 5.73 Å². The molecular weight excluding hydrogens is 214 g/mol. The smallest absolute Gasteiger partial charge is 0.237 e. The lowest BCUT2D eigenvalue weighted by Crippen LogP contribution is -2.28. The molecule has 2 heterocycles. The lowest BCUT2D eigenvalue weighted by atomic mass is 9.97. The van der Waals surface area contributed by atoms with E-state index in [1.54, 1.807) is 12.4 Å². The van der Waals surface area contributed by atoms with Gasteiger partial charge < -0.3 is 5.73 Å². The van der Waals surface area contributed by atoms with E-state index in [0.717, 1.165) is 19.0 Å². The van der Waals surface area contributed by atoms with Gasteiger partial charge in [-0.15, -0.1) is 0 Å². The Hall–Kier alpha value is -1.36. The molecule has 0 unspecified atom stereocenters. The van der Waals surface area contributed by atoms with Crippen LogP contribution in [0, 0.1) is 11.8 Å². The number of nitrogens with zero attached hydrogens (tertiary/aromatic N) is 3. The minimum atomic E-state index is 0.589. The van der Waals surface area contributed by atoms with Gasteiger partial charge in [-0.25, -0.2) is 15.0 Å². The first kappa shape index (κ1) is 12.1. The van der Waals surface area contributed by atoms with E-state index in [1.165, 1.54) is 18.8 Å². The SMILES string of the molecule is C[C](C)C[C@@H]1CCN(Nc2ncc(N)cn2)C1. The van der Waals surface area contributed by atoms with Crippen LogP contribution in [0.3, 0.4) is 0 Å². The minimum Gasteiger partial charge on any atom is -0.396 e. The van der Waals surface area contributed by atoms with Crippen LogP contribution >= 0.6 is 0 Å². The highest BCUT2D eigenvalue weighted by Crippen LogP contribution is 2.23. The van der Waals surface area contributed by atoms with E-state index in [-0.39, 0.29) is 0 Å². The zero-order chi connectivity index (χ0) is 12.3. The van der Waals surface area contributed by atoms with E-state index in [0.29, 0.717) is 11.6 Å². The molecule has 1 atom stereocenters. The van der Waals surface area contributed by atoms with Gasteiger partial charge in [-0.05, 0) is 24.7 Å². The van der Waals surface area contributed by atoms with Crippen molar-refractivity contribution in [2.45, 2.75) is 26.7 Å². The predicted octanol–water partition coefficient (Wildman–Crippen LogP) is 1.71. The summed E-state index contributed by atoms with van der Waals surface area (Å²) in [7, 11) is 0. The van der Waals surface area contributed by atoms with Crippen LogP contribution in [0.25, 0.3) is 0 Å². The number of hydrogen-bond donors (Lipinski definition) is 2. The van der Waals surface area contributed by atoms with Gasteiger partial charge in [0.05, 0.1) is 18.1 Å². The Balaban J connectivity index is 1.83. The first-order chi connectivity index (χ1) is 8.13. The van der Waals surface area contributed by atoms with Crippen molar-refractivity contribution in [3.63, 3.8) is 0 Å². The zero-order valence-electron chi connectivity index (χ0n) is 10.5. The van der Waals surface area contributed by atoms with Crippen molar-refractivity contribution in [3.8, 4) is 0 Å². The molecule has 0 aliphatic carbocycles. The molecule has 5 heteroatoms. The molecule has 0 bridgehead atoms. The lowest BCUT2D eigenvalue weighted by Gasteiger charge is -2.17. The van der Waals surface area contributed by atoms with Crippen molar-refractivity contribution in [3.05, 3.63) is 18.3 Å². The highest BCUT2D eigenvalue weighted by Gasteiger charge is 2.23. The van der Waals surface area contributed by atoms with Gasteiger partial charge in [0.1, 0.15) is 0 Å². The molecule has 1 saturated heterocycles. The molecular formula is C12H20N5. The molecule has 1 aliphatic rings. The molecule has 0 aromatic carbocycles. The van der Waals surface area contributed by atoms with Gasteiger partial charge in [0.15, 0.2) is 0 Å². The third-order valence-corrected chi connectivity index (χ3v) is 2.91. The molecule has 0 spiro atoms. The van der Waals surface area contributed by atoms with Gasteiger partial charge in [0.2, 0.25) is 5.95 Å². The first-order valence-electron chi connectivity index (χ1n) is 6.01. The number of nitrogen functional groups attached to an aromatic ring is 1. The molecule has 1 radical (unpaired) electrons. The summed E-state index contributed by atoms with van der Waals surface area (Å²) < 4.78 is 0. The summed E-state index contributed by atoms with van der Waals surface area (Å²) in [5.41, 5.74) is 9.35. The molecule has 0 saturated carbocycles. The standard InChI is InChI=1S/C12H20N5/c1-9(2)5-10-3-4-17(8-10)16-12-14-6-11(13)7-15-12/h6-7,10H,3-5,8,13H2,1-2H3,(H,14,15,16)/t10-/m0/s1. The van der Waals surface area contributed by atoms with Crippen molar-refractivity contribution in [2.75, 3.05) is 24.2 Å². The zero-order valence-corrected chi connectivity index (χ0v) is 10.5. The number of aromatic nitrogens is 2. The Morgan fingerprint density at radius 3 is 2.82 bits per heavy atom. The molecule has 3 N–H and O–H groups in total. The van der Waals surface area contributed by atoms with Crippen LogP contribution in [-0.2, 0) is 0 Å². The van der Waals surface area contributed by atoms with Gasteiger partial charge in [0.25, 0.3) is 0 Å². The van der Waals surface area contributed by atoms with E-state index in [2.05, 4.69) is 34.3 Å². The van der Waals surface area contributed by atoms with Crippen LogP contribution in [0.5, 0.6) is 0 Å². The van der Waals surface area contributed by atoms with Crippen molar-refractivity contribution in [2.24, 2.45) is 5.92 Å². The van der Waals surface area contributed by atoms with E-state index in [1.807, 2.05) is 0 Å². The van der Waals surface area contributed by atoms with Gasteiger partial charge >= 0.3 is 0 Å². The normalized spacial score (nSPS) is 21.0. The van der Waals surface area contributed by atoms with Gasteiger partial charge in [-0.2, -0.15) is 0 Å². The molecule has 17 heavy (non-hydrogen) atoms. The van der Waals surface area contributed by atoms with Gasteiger partial charge in [-0.1, -0.05) is 13.8 Å². The predicted molar refractivity (Wildman–Crippen MR) is 69.0 cm³/mol. The highest BCUT2D eigenvalue weighted by molar-refractivity contribution is 5.35. The number of hydrogen-bond acceptors (Lipinski definition) is 5. The number of nitrogens with one attached hydrogen (secondary N) is 1. The fourth-order valence-corrected chi connectivity index (χ4v) is 2.22. The largest absolute Gasteiger partial charge is 0.396 e. The maximum Gasteiger partial charge on any atom is 0.237 e. The van der Waals surface area contributed by atoms with Gasteiger partial charge in [-0.3, -0.25) is 5.43 Å². The molecule has 1 aromatic rings. The molecule has 0 amide bonds. The van der Waals surface area contributed by atoms with Crippen molar-refractivity contribution >= 4 is 11.6 Å². The van der Waals surface area contributed by atoms with Crippen LogP contribution < -0.4 is 11.2 Å². The summed E-state index contributed by atoms with van der Waals surface area (Å²) >= 11 is 0. The van der Waals surface area contributed by atoms with Crippen LogP contribution in [0.2, 0.25) is 0 Å². The third kappa shape index (κ3) is 3.56. The minimum absolute atomic E-state index is 0.589. The van der Waals surface area contributed by atoms with Crippen LogP contribution in [0.4, 0.5) is 11.6 Å². The maximum absolute atomic E-state index is 5.54. The van der Waals surface area contributed by atoms with E-state index in [9.17, 15) is 0 Å². The molecule has 93 valence electrons. The second kappa shape index (κ2) is 5.31. The van der Waals surface area contributed by atoms with Crippen LogP contribution in [-0.4, -0.2) is 28.1 Å². The third-order valence-electron chi connectivity index (χ3n) is 2.91. The number of anilines is 2. The number of hydrazine groups is 1. The van der Waals surface area contributed by atoms with Crippen molar-refractivity contribution < 1.29 is 0 Å². The summed E-state index contributed by atoms with van der Waals surface area (Å²) in [6.07, 6.45) is 5.67. The Morgan fingerprint density at radius 1 is 1.47 bits per heavy atom. The average Bonchev–Trinajstić information content (AvgIpc) is 2.68. The molecule has 5 nitrogen and oxygen atoms in total. The summed E-state index contributed by atoms with van der Waals surface area (Å²) in [6, 6.07) is 0. The Labute approximate surface area is 102 Å². The molecule has 1 aliphatic heterocycles. The average molecular weight is 234 g/mol. The number of nitrogens with two attached hydrogens (primary N) is 1. The van der Waals surface area contributed by atoms with Crippen LogP contribution in [0.15, 0.2) is 12.4 Å².